The fourth-order valence-electron chi connectivity index (χ4n) is 2.08. The normalized spacial score (nSPS) is 24.2. The molecule has 13 heavy (non-hydrogen) atoms. The fourth-order valence-corrected chi connectivity index (χ4v) is 2.08. The minimum atomic E-state index is -0.957. The number of hydrogen-bond donors (Lipinski definition) is 2. The van der Waals surface area contributed by atoms with Crippen molar-refractivity contribution in [3.63, 3.8) is 0 Å². The minimum Gasteiger partial charge on any atom is -0.389 e. The van der Waals surface area contributed by atoms with Crippen LogP contribution in [0.2, 0.25) is 0 Å². The first-order chi connectivity index (χ1) is 6.24. The lowest BCUT2D eigenvalue weighted by atomic mass is 9.84. The van der Waals surface area contributed by atoms with Crippen molar-refractivity contribution in [3.05, 3.63) is 0 Å². The summed E-state index contributed by atoms with van der Waals surface area (Å²) >= 11 is 0. The summed E-state index contributed by atoms with van der Waals surface area (Å²) in [6.07, 6.45) is 6.08. The van der Waals surface area contributed by atoms with Crippen LogP contribution in [0.5, 0.6) is 0 Å². The van der Waals surface area contributed by atoms with Gasteiger partial charge in [-0.2, -0.15) is 0 Å². The zero-order valence-corrected chi connectivity index (χ0v) is 8.08. The second kappa shape index (κ2) is 5.55. The molecule has 1 saturated carbocycles. The molecule has 0 amide bonds. The van der Waals surface area contributed by atoms with Crippen molar-refractivity contribution in [1.29, 1.82) is 0 Å². The molecule has 3 N–H and O–H groups in total. The van der Waals surface area contributed by atoms with Gasteiger partial charge >= 0.3 is 0 Å². The van der Waals surface area contributed by atoms with E-state index in [4.69, 9.17) is 10.8 Å². The summed E-state index contributed by atoms with van der Waals surface area (Å²) in [4.78, 5) is 0. The average Bonchev–Trinajstić information content (AvgIpc) is 2.18. The fraction of sp³-hybridized carbons (Fsp3) is 1.00. The zero-order valence-electron chi connectivity index (χ0n) is 8.08. The molecule has 0 aromatic rings. The van der Waals surface area contributed by atoms with E-state index in [-0.39, 0.29) is 6.04 Å². The van der Waals surface area contributed by atoms with E-state index in [2.05, 4.69) is 0 Å². The van der Waals surface area contributed by atoms with Crippen LogP contribution >= 0.6 is 0 Å². The molecular weight excluding hydrogens is 169 g/mol. The van der Waals surface area contributed by atoms with Gasteiger partial charge in [-0.1, -0.05) is 32.1 Å². The van der Waals surface area contributed by atoms with Crippen molar-refractivity contribution in [2.75, 3.05) is 6.67 Å². The van der Waals surface area contributed by atoms with E-state index in [1.165, 1.54) is 32.1 Å². The van der Waals surface area contributed by atoms with Gasteiger partial charge in [0.1, 0.15) is 6.67 Å². The third-order valence-electron chi connectivity index (χ3n) is 2.98. The lowest BCUT2D eigenvalue weighted by molar-refractivity contribution is 0.0995. The van der Waals surface area contributed by atoms with E-state index < -0.39 is 12.8 Å². The first-order valence-electron chi connectivity index (χ1n) is 5.23. The number of alkyl halides is 1. The summed E-state index contributed by atoms with van der Waals surface area (Å²) in [6.45, 7) is -0.714. The molecule has 1 aliphatic carbocycles. The van der Waals surface area contributed by atoms with Gasteiger partial charge in [-0.05, 0) is 12.3 Å². The molecule has 0 spiro atoms. The molecule has 0 heterocycles. The smallest absolute Gasteiger partial charge is 0.117 e. The molecule has 0 aromatic heterocycles. The second-order valence-corrected chi connectivity index (χ2v) is 4.13. The molecule has 0 saturated heterocycles. The monoisotopic (exact) mass is 189 g/mol. The highest BCUT2D eigenvalue weighted by Crippen LogP contribution is 2.27. The van der Waals surface area contributed by atoms with Crippen LogP contribution in [-0.2, 0) is 0 Å². The Labute approximate surface area is 79.3 Å². The zero-order chi connectivity index (χ0) is 9.68. The Morgan fingerprint density at radius 2 is 1.92 bits per heavy atom. The van der Waals surface area contributed by atoms with E-state index >= 15 is 0 Å². The van der Waals surface area contributed by atoms with E-state index in [0.29, 0.717) is 5.92 Å². The molecule has 2 nitrogen and oxygen atoms in total. The SMILES string of the molecule is NC(CC1CCCCC1)C(O)CF. The van der Waals surface area contributed by atoms with Crippen molar-refractivity contribution in [2.45, 2.75) is 50.7 Å². The summed E-state index contributed by atoms with van der Waals surface area (Å²) < 4.78 is 12.1. The van der Waals surface area contributed by atoms with Gasteiger partial charge in [-0.25, -0.2) is 4.39 Å². The second-order valence-electron chi connectivity index (χ2n) is 4.13. The predicted molar refractivity (Wildman–Crippen MR) is 51.1 cm³/mol. The molecule has 0 aromatic carbocycles. The Bertz CT molecular complexity index is 137. The van der Waals surface area contributed by atoms with Gasteiger partial charge in [-0.3, -0.25) is 0 Å². The van der Waals surface area contributed by atoms with Crippen molar-refractivity contribution in [3.8, 4) is 0 Å². The van der Waals surface area contributed by atoms with Crippen LogP contribution in [0.25, 0.3) is 0 Å². The highest BCUT2D eigenvalue weighted by atomic mass is 19.1. The summed E-state index contributed by atoms with van der Waals surface area (Å²) in [6, 6.07) is -0.368. The first kappa shape index (κ1) is 10.9. The number of rotatable bonds is 4. The van der Waals surface area contributed by atoms with Crippen LogP contribution in [0.4, 0.5) is 4.39 Å². The topological polar surface area (TPSA) is 46.2 Å². The van der Waals surface area contributed by atoms with Gasteiger partial charge in [0, 0.05) is 6.04 Å². The van der Waals surface area contributed by atoms with Gasteiger partial charge in [0.25, 0.3) is 0 Å². The highest BCUT2D eigenvalue weighted by Gasteiger charge is 2.21. The Hall–Kier alpha value is -0.150. The van der Waals surface area contributed by atoms with Crippen LogP contribution in [0.15, 0.2) is 0 Å². The number of hydrogen-bond acceptors (Lipinski definition) is 2. The van der Waals surface area contributed by atoms with Crippen molar-refractivity contribution < 1.29 is 9.50 Å². The minimum absolute atomic E-state index is 0.368. The summed E-state index contributed by atoms with van der Waals surface area (Å²) in [5, 5.41) is 9.16. The predicted octanol–water partition coefficient (Wildman–Crippen LogP) is 1.61. The molecule has 1 aliphatic rings. The highest BCUT2D eigenvalue weighted by molar-refractivity contribution is 4.77. The van der Waals surface area contributed by atoms with Crippen LogP contribution < -0.4 is 5.73 Å². The van der Waals surface area contributed by atoms with Crippen LogP contribution in [0, 0.1) is 5.92 Å². The van der Waals surface area contributed by atoms with Crippen LogP contribution in [0.3, 0.4) is 0 Å². The molecule has 1 rings (SSSR count). The molecule has 78 valence electrons. The van der Waals surface area contributed by atoms with Crippen molar-refractivity contribution >= 4 is 0 Å². The summed E-state index contributed by atoms with van der Waals surface area (Å²) in [7, 11) is 0. The van der Waals surface area contributed by atoms with Crippen LogP contribution in [-0.4, -0.2) is 23.9 Å². The molecule has 1 fully saturated rings. The number of halogens is 1. The number of aliphatic hydroxyl groups excluding tert-OH is 1. The molecular formula is C10H20FNO. The van der Waals surface area contributed by atoms with E-state index in [1.54, 1.807) is 0 Å². The maximum Gasteiger partial charge on any atom is 0.117 e. The lowest BCUT2D eigenvalue weighted by Gasteiger charge is -2.26. The van der Waals surface area contributed by atoms with Gasteiger partial charge in [0.05, 0.1) is 6.10 Å². The Balaban J connectivity index is 2.21. The summed E-state index contributed by atoms with van der Waals surface area (Å²) in [5.41, 5.74) is 5.67. The number of aliphatic hydroxyl groups is 1. The Kier molecular flexibility index (Phi) is 4.67. The van der Waals surface area contributed by atoms with Gasteiger partial charge < -0.3 is 10.8 Å². The molecule has 2 atom stereocenters. The lowest BCUT2D eigenvalue weighted by Crippen LogP contribution is -2.38. The standard InChI is InChI=1S/C10H20FNO/c11-7-10(13)9(12)6-8-4-2-1-3-5-8/h8-10,13H,1-7,12H2. The Morgan fingerprint density at radius 1 is 1.31 bits per heavy atom. The van der Waals surface area contributed by atoms with Crippen molar-refractivity contribution in [1.82, 2.24) is 0 Å². The largest absolute Gasteiger partial charge is 0.389 e. The first-order valence-corrected chi connectivity index (χ1v) is 5.23. The number of nitrogens with two attached hydrogens (primary N) is 1. The third kappa shape index (κ3) is 3.61. The molecule has 0 aliphatic heterocycles. The molecule has 2 unspecified atom stereocenters. The Morgan fingerprint density at radius 3 is 2.46 bits per heavy atom. The van der Waals surface area contributed by atoms with Crippen LogP contribution in [0.1, 0.15) is 38.5 Å². The van der Waals surface area contributed by atoms with E-state index in [9.17, 15) is 4.39 Å². The maximum absolute atomic E-state index is 12.1. The quantitative estimate of drug-likeness (QED) is 0.706. The molecule has 0 bridgehead atoms. The van der Waals surface area contributed by atoms with E-state index in [0.717, 1.165) is 6.42 Å². The average molecular weight is 189 g/mol. The summed E-state index contributed by atoms with van der Waals surface area (Å²) in [5.74, 6) is 0.616. The van der Waals surface area contributed by atoms with E-state index in [1.807, 2.05) is 0 Å². The van der Waals surface area contributed by atoms with Gasteiger partial charge in [-0.15, -0.1) is 0 Å². The third-order valence-corrected chi connectivity index (χ3v) is 2.98. The molecule has 0 radical (unpaired) electrons. The van der Waals surface area contributed by atoms with Gasteiger partial charge in [0.2, 0.25) is 0 Å². The maximum atomic E-state index is 12.1. The molecule has 3 heteroatoms. The van der Waals surface area contributed by atoms with Gasteiger partial charge in [0.15, 0.2) is 0 Å². The van der Waals surface area contributed by atoms with Crippen molar-refractivity contribution in [2.24, 2.45) is 11.7 Å².